The molecule has 1 saturated heterocycles. The first-order valence-corrected chi connectivity index (χ1v) is 3.99. The van der Waals surface area contributed by atoms with Gasteiger partial charge in [-0.2, -0.15) is 0 Å². The zero-order valence-electron chi connectivity index (χ0n) is 6.88. The Kier molecular flexibility index (Phi) is 3.03. The van der Waals surface area contributed by atoms with Gasteiger partial charge >= 0.3 is 0 Å². The molecule has 1 heterocycles. The summed E-state index contributed by atoms with van der Waals surface area (Å²) in [6.07, 6.45) is -3.28. The third kappa shape index (κ3) is 1.60. The average molecular weight is 177 g/mol. The molecule has 0 aliphatic carbocycles. The highest BCUT2D eigenvalue weighted by atomic mass is 16.4. The molecular weight excluding hydrogens is 162 g/mol. The van der Waals surface area contributed by atoms with Crippen molar-refractivity contribution in [1.82, 2.24) is 5.32 Å². The highest BCUT2D eigenvalue weighted by Crippen LogP contribution is 2.14. The van der Waals surface area contributed by atoms with E-state index in [-0.39, 0.29) is 12.6 Å². The Morgan fingerprint density at radius 3 is 2.17 bits per heavy atom. The number of rotatable bonds is 1. The van der Waals surface area contributed by atoms with Gasteiger partial charge in [-0.3, -0.25) is 0 Å². The maximum absolute atomic E-state index is 9.29. The Labute approximate surface area is 70.6 Å². The van der Waals surface area contributed by atoms with Crippen molar-refractivity contribution < 1.29 is 20.4 Å². The summed E-state index contributed by atoms with van der Waals surface area (Å²) in [6.45, 7) is 1.43. The molecular formula is C7H15NO4. The van der Waals surface area contributed by atoms with E-state index in [1.54, 1.807) is 6.92 Å². The first-order chi connectivity index (χ1) is 5.57. The lowest BCUT2D eigenvalue weighted by atomic mass is 9.91. The van der Waals surface area contributed by atoms with Gasteiger partial charge in [0.05, 0.1) is 24.9 Å². The summed E-state index contributed by atoms with van der Waals surface area (Å²) < 4.78 is 0. The molecule has 12 heavy (non-hydrogen) atoms. The van der Waals surface area contributed by atoms with Crippen molar-refractivity contribution in [1.29, 1.82) is 0 Å². The fourth-order valence-electron chi connectivity index (χ4n) is 1.43. The molecule has 1 aliphatic heterocycles. The molecule has 0 radical (unpaired) electrons. The van der Waals surface area contributed by atoms with Crippen LogP contribution in [0, 0.1) is 0 Å². The highest BCUT2D eigenvalue weighted by Gasteiger charge is 2.39. The van der Waals surface area contributed by atoms with E-state index in [9.17, 15) is 15.3 Å². The van der Waals surface area contributed by atoms with E-state index in [4.69, 9.17) is 5.11 Å². The lowest BCUT2D eigenvalue weighted by molar-refractivity contribution is -0.116. The molecule has 5 atom stereocenters. The second-order valence-corrected chi connectivity index (χ2v) is 3.22. The molecule has 0 aromatic heterocycles. The number of aliphatic hydroxyl groups is 4. The van der Waals surface area contributed by atoms with E-state index in [0.717, 1.165) is 0 Å². The van der Waals surface area contributed by atoms with Crippen LogP contribution in [0.3, 0.4) is 0 Å². The molecule has 1 rings (SSSR count). The minimum atomic E-state index is -1.18. The lowest BCUT2D eigenvalue weighted by Crippen LogP contribution is -2.64. The van der Waals surface area contributed by atoms with Crippen LogP contribution in [0.1, 0.15) is 6.92 Å². The Hall–Kier alpha value is -0.200. The summed E-state index contributed by atoms with van der Waals surface area (Å²) in [5.74, 6) is 0. The van der Waals surface area contributed by atoms with Gasteiger partial charge in [-0.05, 0) is 6.92 Å². The third-order valence-corrected chi connectivity index (χ3v) is 2.30. The first kappa shape index (κ1) is 9.88. The topological polar surface area (TPSA) is 93.0 Å². The number of piperidine rings is 1. The summed E-state index contributed by atoms with van der Waals surface area (Å²) >= 11 is 0. The van der Waals surface area contributed by atoms with Crippen molar-refractivity contribution in [2.75, 3.05) is 6.61 Å². The summed E-state index contributed by atoms with van der Waals surface area (Å²) in [4.78, 5) is 0. The van der Waals surface area contributed by atoms with E-state index in [1.165, 1.54) is 0 Å². The molecule has 0 bridgehead atoms. The molecule has 72 valence electrons. The second kappa shape index (κ2) is 3.68. The number of aliphatic hydroxyl groups excluding tert-OH is 4. The minimum absolute atomic E-state index is 0.255. The van der Waals surface area contributed by atoms with Gasteiger partial charge < -0.3 is 25.7 Å². The molecule has 0 amide bonds. The number of hydrogen-bond acceptors (Lipinski definition) is 5. The fraction of sp³-hybridized carbons (Fsp3) is 1.00. The normalized spacial score (nSPS) is 49.2. The summed E-state index contributed by atoms with van der Waals surface area (Å²) in [6, 6.07) is -0.876. The summed E-state index contributed by atoms with van der Waals surface area (Å²) in [7, 11) is 0. The molecule has 1 aliphatic rings. The van der Waals surface area contributed by atoms with Gasteiger partial charge in [0, 0.05) is 6.04 Å². The van der Waals surface area contributed by atoms with Crippen LogP contribution in [0.5, 0.6) is 0 Å². The Morgan fingerprint density at radius 1 is 1.08 bits per heavy atom. The quantitative estimate of drug-likeness (QED) is 0.303. The number of hydrogen-bond donors (Lipinski definition) is 5. The predicted molar refractivity (Wildman–Crippen MR) is 41.5 cm³/mol. The highest BCUT2D eigenvalue weighted by molar-refractivity contribution is 4.96. The van der Waals surface area contributed by atoms with Gasteiger partial charge in [-0.15, -0.1) is 0 Å². The first-order valence-electron chi connectivity index (χ1n) is 3.99. The van der Waals surface area contributed by atoms with Crippen molar-refractivity contribution in [3.8, 4) is 0 Å². The zero-order valence-corrected chi connectivity index (χ0v) is 6.88. The van der Waals surface area contributed by atoms with E-state index < -0.39 is 24.4 Å². The Morgan fingerprint density at radius 2 is 1.67 bits per heavy atom. The van der Waals surface area contributed by atoms with Crippen LogP contribution >= 0.6 is 0 Å². The molecule has 0 aromatic rings. The average Bonchev–Trinajstić information content (AvgIpc) is 2.08. The van der Waals surface area contributed by atoms with Gasteiger partial charge in [0.15, 0.2) is 0 Å². The van der Waals surface area contributed by atoms with E-state index in [1.807, 2.05) is 0 Å². The van der Waals surface area contributed by atoms with Gasteiger partial charge in [-0.25, -0.2) is 0 Å². The van der Waals surface area contributed by atoms with E-state index in [0.29, 0.717) is 0 Å². The van der Waals surface area contributed by atoms with Gasteiger partial charge in [0.1, 0.15) is 6.10 Å². The van der Waals surface area contributed by atoms with Crippen molar-refractivity contribution in [2.24, 2.45) is 0 Å². The third-order valence-electron chi connectivity index (χ3n) is 2.30. The Bertz CT molecular complexity index is 150. The van der Waals surface area contributed by atoms with Crippen molar-refractivity contribution in [2.45, 2.75) is 37.3 Å². The molecule has 0 unspecified atom stereocenters. The van der Waals surface area contributed by atoms with Crippen LogP contribution in [-0.2, 0) is 0 Å². The number of nitrogens with one attached hydrogen (secondary N) is 1. The van der Waals surface area contributed by atoms with Gasteiger partial charge in [0.2, 0.25) is 0 Å². The fourth-order valence-corrected chi connectivity index (χ4v) is 1.43. The molecule has 5 N–H and O–H groups in total. The van der Waals surface area contributed by atoms with Gasteiger partial charge in [-0.1, -0.05) is 0 Å². The molecule has 0 aromatic carbocycles. The van der Waals surface area contributed by atoms with Crippen molar-refractivity contribution in [3.63, 3.8) is 0 Å². The largest absolute Gasteiger partial charge is 0.395 e. The van der Waals surface area contributed by atoms with Crippen LogP contribution in [-0.4, -0.2) is 57.4 Å². The molecule has 1 fully saturated rings. The van der Waals surface area contributed by atoms with Crippen molar-refractivity contribution >= 4 is 0 Å². The maximum atomic E-state index is 9.29. The van der Waals surface area contributed by atoms with E-state index >= 15 is 0 Å². The van der Waals surface area contributed by atoms with Crippen molar-refractivity contribution in [3.05, 3.63) is 0 Å². The zero-order chi connectivity index (χ0) is 9.30. The van der Waals surface area contributed by atoms with Crippen LogP contribution in [0.2, 0.25) is 0 Å². The monoisotopic (exact) mass is 177 g/mol. The predicted octanol–water partition coefficient (Wildman–Crippen LogP) is -2.58. The summed E-state index contributed by atoms with van der Waals surface area (Å²) in [5, 5.41) is 39.4. The standard InChI is InChI=1S/C7H15NO4/c1-3-5(10)7(12)6(11)4(2-9)8-3/h3-12H,2H2,1H3/t3-,4+,5+,6+,7+/m0/s1. The summed E-state index contributed by atoms with van der Waals surface area (Å²) in [5.41, 5.74) is 0. The van der Waals surface area contributed by atoms with Crippen LogP contribution in [0.15, 0.2) is 0 Å². The molecule has 0 saturated carbocycles. The Balaban J connectivity index is 2.63. The van der Waals surface area contributed by atoms with Crippen LogP contribution < -0.4 is 5.32 Å². The van der Waals surface area contributed by atoms with E-state index in [2.05, 4.69) is 5.32 Å². The minimum Gasteiger partial charge on any atom is -0.395 e. The SMILES string of the molecule is C[C@@H]1N[C@H](CO)[C@@H](O)[C@H](O)[C@@H]1O. The molecule has 5 nitrogen and oxygen atoms in total. The van der Waals surface area contributed by atoms with Crippen LogP contribution in [0.25, 0.3) is 0 Å². The lowest BCUT2D eigenvalue weighted by Gasteiger charge is -2.39. The van der Waals surface area contributed by atoms with Crippen LogP contribution in [0.4, 0.5) is 0 Å². The smallest absolute Gasteiger partial charge is 0.109 e. The molecule has 0 spiro atoms. The second-order valence-electron chi connectivity index (χ2n) is 3.22. The maximum Gasteiger partial charge on any atom is 0.109 e. The van der Waals surface area contributed by atoms with Gasteiger partial charge in [0.25, 0.3) is 0 Å². The molecule has 5 heteroatoms.